The largest absolute Gasteiger partial charge is 0.396 e. The van der Waals surface area contributed by atoms with Crippen LogP contribution in [0.4, 0.5) is 0 Å². The van der Waals surface area contributed by atoms with Gasteiger partial charge in [0.05, 0.1) is 0 Å². The molecule has 0 bridgehead atoms. The van der Waals surface area contributed by atoms with Crippen LogP contribution in [-0.2, 0) is 4.79 Å². The van der Waals surface area contributed by atoms with Gasteiger partial charge in [-0.2, -0.15) is 0 Å². The third kappa shape index (κ3) is 4.07. The predicted octanol–water partition coefficient (Wildman–Crippen LogP) is -0.125. The van der Waals surface area contributed by atoms with Crippen molar-refractivity contribution in [1.29, 1.82) is 0 Å². The van der Waals surface area contributed by atoms with Crippen LogP contribution in [0.3, 0.4) is 0 Å². The van der Waals surface area contributed by atoms with E-state index in [1.807, 2.05) is 0 Å². The lowest BCUT2D eigenvalue weighted by molar-refractivity contribution is -0.125. The third-order valence-electron chi connectivity index (χ3n) is 2.59. The van der Waals surface area contributed by atoms with Crippen LogP contribution >= 0.6 is 0 Å². The topological polar surface area (TPSA) is 61.4 Å². The molecule has 0 aromatic heterocycles. The zero-order valence-electron chi connectivity index (χ0n) is 8.59. The van der Waals surface area contributed by atoms with Crippen molar-refractivity contribution >= 4 is 5.91 Å². The maximum Gasteiger partial charge on any atom is 0.223 e. The van der Waals surface area contributed by atoms with Gasteiger partial charge in [-0.05, 0) is 38.8 Å². The zero-order valence-corrected chi connectivity index (χ0v) is 8.59. The zero-order chi connectivity index (χ0) is 10.2. The summed E-state index contributed by atoms with van der Waals surface area (Å²) in [7, 11) is 0. The van der Waals surface area contributed by atoms with Gasteiger partial charge in [-0.3, -0.25) is 4.79 Å². The summed E-state index contributed by atoms with van der Waals surface area (Å²) in [6.07, 6.45) is 3.54. The molecule has 0 saturated carbocycles. The number of aliphatic hydroxyl groups excluding tert-OH is 1. The highest BCUT2D eigenvalue weighted by Gasteiger charge is 2.19. The average Bonchev–Trinajstić information content (AvgIpc) is 2.25. The van der Waals surface area contributed by atoms with E-state index in [4.69, 9.17) is 5.11 Å². The van der Waals surface area contributed by atoms with Crippen LogP contribution in [0.2, 0.25) is 0 Å². The molecule has 1 amide bonds. The van der Waals surface area contributed by atoms with Gasteiger partial charge in [-0.1, -0.05) is 0 Å². The second-order valence-electron chi connectivity index (χ2n) is 3.75. The summed E-state index contributed by atoms with van der Waals surface area (Å²) in [5.41, 5.74) is 0. The number of unbranched alkanes of at least 4 members (excludes halogenated alkanes) is 1. The standard InChI is InChI=1S/C10H20N2O2/c13-8-2-1-5-12-10(14)9-3-6-11-7-4-9/h9,11,13H,1-8H2,(H,12,14). The fourth-order valence-corrected chi connectivity index (χ4v) is 1.68. The van der Waals surface area contributed by atoms with Crippen LogP contribution in [0.5, 0.6) is 0 Å². The first kappa shape index (κ1) is 11.5. The number of hydrogen-bond donors (Lipinski definition) is 3. The molecule has 1 heterocycles. The molecule has 4 nitrogen and oxygen atoms in total. The summed E-state index contributed by atoms with van der Waals surface area (Å²) in [6, 6.07) is 0. The number of aliphatic hydroxyl groups is 1. The molecule has 0 aliphatic carbocycles. The summed E-state index contributed by atoms with van der Waals surface area (Å²) < 4.78 is 0. The minimum Gasteiger partial charge on any atom is -0.396 e. The van der Waals surface area contributed by atoms with Crippen molar-refractivity contribution in [3.63, 3.8) is 0 Å². The van der Waals surface area contributed by atoms with E-state index in [2.05, 4.69) is 10.6 Å². The Labute approximate surface area is 85.1 Å². The van der Waals surface area contributed by atoms with E-state index >= 15 is 0 Å². The summed E-state index contributed by atoms with van der Waals surface area (Å²) in [4.78, 5) is 11.6. The molecule has 0 unspecified atom stereocenters. The Morgan fingerprint density at radius 1 is 1.36 bits per heavy atom. The van der Waals surface area contributed by atoms with Gasteiger partial charge in [0.2, 0.25) is 5.91 Å². The van der Waals surface area contributed by atoms with E-state index in [-0.39, 0.29) is 18.4 Å². The van der Waals surface area contributed by atoms with Gasteiger partial charge in [0, 0.05) is 19.1 Å². The first-order valence-electron chi connectivity index (χ1n) is 5.44. The molecule has 1 aliphatic rings. The Hall–Kier alpha value is -0.610. The number of piperidine rings is 1. The highest BCUT2D eigenvalue weighted by atomic mass is 16.2. The van der Waals surface area contributed by atoms with Gasteiger partial charge in [-0.15, -0.1) is 0 Å². The van der Waals surface area contributed by atoms with Gasteiger partial charge < -0.3 is 15.7 Å². The lowest BCUT2D eigenvalue weighted by Crippen LogP contribution is -2.38. The lowest BCUT2D eigenvalue weighted by atomic mass is 9.97. The maximum absolute atomic E-state index is 11.6. The van der Waals surface area contributed by atoms with E-state index in [1.54, 1.807) is 0 Å². The molecule has 4 heteroatoms. The Kier molecular flexibility index (Phi) is 5.56. The Morgan fingerprint density at radius 3 is 2.71 bits per heavy atom. The minimum atomic E-state index is 0.185. The first-order valence-corrected chi connectivity index (χ1v) is 5.44. The molecule has 1 fully saturated rings. The Morgan fingerprint density at radius 2 is 2.07 bits per heavy atom. The molecule has 1 saturated heterocycles. The van der Waals surface area contributed by atoms with Crippen LogP contribution in [0.25, 0.3) is 0 Å². The molecule has 0 spiro atoms. The SMILES string of the molecule is O=C(NCCCCO)C1CCNCC1. The quantitative estimate of drug-likeness (QED) is 0.542. The highest BCUT2D eigenvalue weighted by molar-refractivity contribution is 5.78. The lowest BCUT2D eigenvalue weighted by Gasteiger charge is -2.21. The normalized spacial score (nSPS) is 18.1. The molecule has 3 N–H and O–H groups in total. The number of nitrogens with one attached hydrogen (secondary N) is 2. The molecule has 1 aliphatic heterocycles. The summed E-state index contributed by atoms with van der Waals surface area (Å²) >= 11 is 0. The number of rotatable bonds is 5. The fraction of sp³-hybridized carbons (Fsp3) is 0.900. The molecule has 1 rings (SSSR count). The number of carbonyl (C=O) groups excluding carboxylic acids is 1. The van der Waals surface area contributed by atoms with Crippen LogP contribution in [-0.4, -0.2) is 37.3 Å². The molecular formula is C10H20N2O2. The highest BCUT2D eigenvalue weighted by Crippen LogP contribution is 2.11. The van der Waals surface area contributed by atoms with Gasteiger partial charge >= 0.3 is 0 Å². The molecule has 0 atom stereocenters. The molecule has 0 aromatic rings. The van der Waals surface area contributed by atoms with Crippen molar-refractivity contribution in [2.75, 3.05) is 26.2 Å². The summed E-state index contributed by atoms with van der Waals surface area (Å²) in [6.45, 7) is 2.82. The van der Waals surface area contributed by atoms with E-state index in [0.717, 1.165) is 38.8 Å². The van der Waals surface area contributed by atoms with Gasteiger partial charge in [-0.25, -0.2) is 0 Å². The van der Waals surface area contributed by atoms with E-state index in [1.165, 1.54) is 0 Å². The van der Waals surface area contributed by atoms with Gasteiger partial charge in [0.15, 0.2) is 0 Å². The van der Waals surface area contributed by atoms with Crippen molar-refractivity contribution < 1.29 is 9.90 Å². The first-order chi connectivity index (χ1) is 6.84. The van der Waals surface area contributed by atoms with Crippen molar-refractivity contribution in [3.8, 4) is 0 Å². The van der Waals surface area contributed by atoms with Crippen LogP contribution in [0.1, 0.15) is 25.7 Å². The van der Waals surface area contributed by atoms with Crippen molar-refractivity contribution in [2.45, 2.75) is 25.7 Å². The van der Waals surface area contributed by atoms with Gasteiger partial charge in [0.25, 0.3) is 0 Å². The number of hydrogen-bond acceptors (Lipinski definition) is 3. The van der Waals surface area contributed by atoms with Gasteiger partial charge in [0.1, 0.15) is 0 Å². The maximum atomic E-state index is 11.6. The van der Waals surface area contributed by atoms with Crippen LogP contribution in [0, 0.1) is 5.92 Å². The smallest absolute Gasteiger partial charge is 0.223 e. The Bertz CT molecular complexity index is 168. The molecule has 0 radical (unpaired) electrons. The predicted molar refractivity (Wildman–Crippen MR) is 54.9 cm³/mol. The van der Waals surface area contributed by atoms with E-state index in [9.17, 15) is 4.79 Å². The molecule has 14 heavy (non-hydrogen) atoms. The number of amides is 1. The molecule has 82 valence electrons. The second kappa shape index (κ2) is 6.79. The monoisotopic (exact) mass is 200 g/mol. The van der Waals surface area contributed by atoms with Crippen molar-refractivity contribution in [1.82, 2.24) is 10.6 Å². The van der Waals surface area contributed by atoms with Crippen LogP contribution in [0.15, 0.2) is 0 Å². The minimum absolute atomic E-state index is 0.185. The number of carbonyl (C=O) groups is 1. The summed E-state index contributed by atoms with van der Waals surface area (Å²) in [5, 5.41) is 14.7. The van der Waals surface area contributed by atoms with Crippen molar-refractivity contribution in [3.05, 3.63) is 0 Å². The van der Waals surface area contributed by atoms with E-state index in [0.29, 0.717) is 6.54 Å². The average molecular weight is 200 g/mol. The van der Waals surface area contributed by atoms with Crippen molar-refractivity contribution in [2.24, 2.45) is 5.92 Å². The van der Waals surface area contributed by atoms with E-state index < -0.39 is 0 Å². The van der Waals surface area contributed by atoms with Crippen LogP contribution < -0.4 is 10.6 Å². The molecular weight excluding hydrogens is 180 g/mol. The Balaban J connectivity index is 2.07. The third-order valence-corrected chi connectivity index (χ3v) is 2.59. The fourth-order valence-electron chi connectivity index (χ4n) is 1.68. The second-order valence-corrected chi connectivity index (χ2v) is 3.75. The summed E-state index contributed by atoms with van der Waals surface area (Å²) in [5.74, 6) is 0.384. The molecule has 0 aromatic carbocycles.